The van der Waals surface area contributed by atoms with Crippen LogP contribution in [-0.4, -0.2) is 10.2 Å². The van der Waals surface area contributed by atoms with Crippen molar-refractivity contribution < 1.29 is 5.21 Å². The van der Waals surface area contributed by atoms with E-state index in [1.54, 1.807) is 0 Å². The van der Waals surface area contributed by atoms with Crippen LogP contribution in [0.25, 0.3) is 0 Å². The van der Waals surface area contributed by atoms with Crippen LogP contribution < -0.4 is 0 Å². The number of isothiocyanates is 1. The van der Waals surface area contributed by atoms with E-state index in [0.717, 1.165) is 21.9 Å². The van der Waals surface area contributed by atoms with Gasteiger partial charge in [0.15, 0.2) is 0 Å². The lowest BCUT2D eigenvalue weighted by Gasteiger charge is -2.32. The Balaban J connectivity index is 2.68. The van der Waals surface area contributed by atoms with Gasteiger partial charge in [0, 0.05) is 0 Å². The van der Waals surface area contributed by atoms with Crippen LogP contribution in [0.1, 0.15) is 38.8 Å². The van der Waals surface area contributed by atoms with Crippen LogP contribution >= 0.6 is 12.2 Å². The molecule has 89 valence electrons. The van der Waals surface area contributed by atoms with Crippen molar-refractivity contribution in [2.24, 2.45) is 4.99 Å². The highest BCUT2D eigenvalue weighted by molar-refractivity contribution is 7.78. The van der Waals surface area contributed by atoms with E-state index in [9.17, 15) is 5.21 Å². The fourth-order valence-corrected chi connectivity index (χ4v) is 2.72. The third kappa shape index (κ3) is 1.65. The maximum atomic E-state index is 12.3. The molecule has 0 spiro atoms. The summed E-state index contributed by atoms with van der Waals surface area (Å²) in [5, 5.41) is 15.8. The molecule has 1 aromatic carbocycles. The SMILES string of the molecule is CC1(C)c2ccc(N=C=S)cc2C(C)(C)N1[O]. The van der Waals surface area contributed by atoms with Crippen molar-refractivity contribution in [2.45, 2.75) is 38.8 Å². The molecule has 0 amide bonds. The molecular formula is C13H15N2OS. The van der Waals surface area contributed by atoms with Crippen LogP contribution in [0.2, 0.25) is 0 Å². The molecule has 1 aliphatic rings. The first kappa shape index (κ1) is 12.4. The number of hydrogen-bond donors (Lipinski definition) is 0. The zero-order valence-corrected chi connectivity index (χ0v) is 11.3. The highest BCUT2D eigenvalue weighted by Gasteiger charge is 2.49. The second-order valence-electron chi connectivity index (χ2n) is 5.35. The van der Waals surface area contributed by atoms with Crippen LogP contribution in [0.3, 0.4) is 0 Å². The Hall–Kier alpha value is -1.06. The Morgan fingerprint density at radius 1 is 1.18 bits per heavy atom. The molecular weight excluding hydrogens is 232 g/mol. The molecule has 0 atom stereocenters. The topological polar surface area (TPSA) is 35.5 Å². The van der Waals surface area contributed by atoms with Crippen molar-refractivity contribution >= 4 is 23.1 Å². The monoisotopic (exact) mass is 247 g/mol. The van der Waals surface area contributed by atoms with E-state index in [4.69, 9.17) is 0 Å². The minimum atomic E-state index is -0.536. The lowest BCUT2D eigenvalue weighted by molar-refractivity contribution is -0.266. The van der Waals surface area contributed by atoms with E-state index >= 15 is 0 Å². The summed E-state index contributed by atoms with van der Waals surface area (Å²) in [5.74, 6) is 0. The molecule has 0 N–H and O–H groups in total. The molecule has 0 unspecified atom stereocenters. The van der Waals surface area contributed by atoms with E-state index in [-0.39, 0.29) is 0 Å². The third-order valence-corrected chi connectivity index (χ3v) is 3.60. The number of rotatable bonds is 1. The van der Waals surface area contributed by atoms with Gasteiger partial charge in [0.05, 0.1) is 21.9 Å². The van der Waals surface area contributed by atoms with Gasteiger partial charge < -0.3 is 0 Å². The first-order valence-electron chi connectivity index (χ1n) is 5.52. The van der Waals surface area contributed by atoms with Gasteiger partial charge in [-0.15, -0.1) is 10.3 Å². The first-order valence-corrected chi connectivity index (χ1v) is 5.93. The summed E-state index contributed by atoms with van der Waals surface area (Å²) in [6.07, 6.45) is 0. The molecule has 1 radical (unpaired) electrons. The highest BCUT2D eigenvalue weighted by atomic mass is 32.1. The second kappa shape index (κ2) is 3.72. The Kier molecular flexibility index (Phi) is 2.71. The molecule has 0 saturated heterocycles. The molecule has 4 heteroatoms. The van der Waals surface area contributed by atoms with Gasteiger partial charge in [-0.1, -0.05) is 6.07 Å². The number of thiocarbonyl (C=S) groups is 1. The Bertz CT molecular complexity index is 516. The van der Waals surface area contributed by atoms with Crippen LogP contribution in [0, 0.1) is 0 Å². The van der Waals surface area contributed by atoms with Crippen molar-refractivity contribution in [2.75, 3.05) is 0 Å². The molecule has 0 saturated carbocycles. The first-order chi connectivity index (χ1) is 7.81. The fourth-order valence-electron chi connectivity index (χ4n) is 2.61. The van der Waals surface area contributed by atoms with Gasteiger partial charge in [0.2, 0.25) is 0 Å². The lowest BCUT2D eigenvalue weighted by Crippen LogP contribution is -2.41. The third-order valence-electron chi connectivity index (χ3n) is 3.51. The maximum Gasteiger partial charge on any atom is 0.0743 e. The van der Waals surface area contributed by atoms with Crippen molar-refractivity contribution in [1.29, 1.82) is 0 Å². The van der Waals surface area contributed by atoms with E-state index in [2.05, 4.69) is 22.4 Å². The second-order valence-corrected chi connectivity index (χ2v) is 5.53. The zero-order valence-electron chi connectivity index (χ0n) is 10.4. The molecule has 3 nitrogen and oxygen atoms in total. The molecule has 0 fully saturated rings. The minimum Gasteiger partial charge on any atom is -0.195 e. The van der Waals surface area contributed by atoms with E-state index < -0.39 is 11.1 Å². The number of hydroxylamine groups is 2. The number of benzene rings is 1. The van der Waals surface area contributed by atoms with Gasteiger partial charge >= 0.3 is 0 Å². The number of hydrogen-bond acceptors (Lipinski definition) is 3. The highest BCUT2D eigenvalue weighted by Crippen LogP contribution is 2.49. The summed E-state index contributed by atoms with van der Waals surface area (Å²) >= 11 is 4.60. The summed E-state index contributed by atoms with van der Waals surface area (Å²) in [5.41, 5.74) is 1.78. The molecule has 0 aromatic heterocycles. The zero-order chi connectivity index (χ0) is 12.8. The predicted molar refractivity (Wildman–Crippen MR) is 69.7 cm³/mol. The molecule has 2 rings (SSSR count). The summed E-state index contributed by atoms with van der Waals surface area (Å²) in [6, 6.07) is 5.75. The quantitative estimate of drug-likeness (QED) is 0.562. The van der Waals surface area contributed by atoms with Gasteiger partial charge in [-0.3, -0.25) is 0 Å². The van der Waals surface area contributed by atoms with Crippen molar-refractivity contribution in [3.05, 3.63) is 29.3 Å². The maximum absolute atomic E-state index is 12.3. The smallest absolute Gasteiger partial charge is 0.0743 e. The van der Waals surface area contributed by atoms with Gasteiger partial charge in [-0.2, -0.15) is 4.99 Å². The van der Waals surface area contributed by atoms with Crippen molar-refractivity contribution in [3.63, 3.8) is 0 Å². The summed E-state index contributed by atoms with van der Waals surface area (Å²) in [7, 11) is 0. The van der Waals surface area contributed by atoms with E-state index in [1.165, 1.54) is 0 Å². The van der Waals surface area contributed by atoms with Crippen LogP contribution in [0.4, 0.5) is 5.69 Å². The molecule has 0 aliphatic carbocycles. The van der Waals surface area contributed by atoms with Crippen molar-refractivity contribution in [3.8, 4) is 0 Å². The van der Waals surface area contributed by atoms with Gasteiger partial charge in [-0.05, 0) is 63.2 Å². The number of aliphatic imine (C=N–C) groups is 1. The standard InChI is InChI=1S/C13H15N2OS/c1-12(2)10-6-5-9(14-8-17)7-11(10)13(3,4)15(12)16/h5-7H,1-4H3. The largest absolute Gasteiger partial charge is 0.195 e. The van der Waals surface area contributed by atoms with Gasteiger partial charge in [-0.25, -0.2) is 0 Å². The normalized spacial score (nSPS) is 20.8. The average Bonchev–Trinajstić information content (AvgIpc) is 2.39. The minimum absolute atomic E-state index is 0.501. The van der Waals surface area contributed by atoms with Crippen LogP contribution in [-0.2, 0) is 16.3 Å². The summed E-state index contributed by atoms with van der Waals surface area (Å²) < 4.78 is 0. The van der Waals surface area contributed by atoms with Crippen LogP contribution in [0.15, 0.2) is 23.2 Å². The summed E-state index contributed by atoms with van der Waals surface area (Å²) in [4.78, 5) is 3.97. The number of fused-ring (bicyclic) bond motifs is 1. The Morgan fingerprint density at radius 3 is 2.35 bits per heavy atom. The Morgan fingerprint density at radius 2 is 1.76 bits per heavy atom. The fraction of sp³-hybridized carbons (Fsp3) is 0.462. The van der Waals surface area contributed by atoms with Crippen molar-refractivity contribution in [1.82, 2.24) is 5.06 Å². The van der Waals surface area contributed by atoms with Gasteiger partial charge in [0.1, 0.15) is 0 Å². The average molecular weight is 247 g/mol. The van der Waals surface area contributed by atoms with E-state index in [0.29, 0.717) is 0 Å². The lowest BCUT2D eigenvalue weighted by atomic mass is 9.90. The summed E-state index contributed by atoms with van der Waals surface area (Å²) in [6.45, 7) is 7.74. The molecule has 17 heavy (non-hydrogen) atoms. The molecule has 1 aromatic rings. The van der Waals surface area contributed by atoms with Gasteiger partial charge in [0.25, 0.3) is 0 Å². The molecule has 0 bridgehead atoms. The number of nitrogens with zero attached hydrogens (tertiary/aromatic N) is 2. The van der Waals surface area contributed by atoms with Crippen LogP contribution in [0.5, 0.6) is 0 Å². The predicted octanol–water partition coefficient (Wildman–Crippen LogP) is 3.55. The van der Waals surface area contributed by atoms with E-state index in [1.807, 2.05) is 45.9 Å². The molecule has 1 aliphatic heterocycles. The Labute approximate surface area is 107 Å². The molecule has 1 heterocycles.